The highest BCUT2D eigenvalue weighted by Gasteiger charge is 2.21. The van der Waals surface area contributed by atoms with E-state index in [0.29, 0.717) is 5.75 Å². The summed E-state index contributed by atoms with van der Waals surface area (Å²) >= 11 is 3.29. The quantitative estimate of drug-likeness (QED) is 0.666. The Bertz CT molecular complexity index is 732. The van der Waals surface area contributed by atoms with E-state index in [2.05, 4.69) is 20.9 Å². The van der Waals surface area contributed by atoms with Gasteiger partial charge in [-0.2, -0.15) is 4.98 Å². The third kappa shape index (κ3) is 3.34. The van der Waals surface area contributed by atoms with Crippen LogP contribution in [0.5, 0.6) is 11.6 Å². The molecule has 2 aromatic rings. The van der Waals surface area contributed by atoms with Crippen LogP contribution in [-0.2, 0) is 0 Å². The van der Waals surface area contributed by atoms with Gasteiger partial charge >= 0.3 is 11.7 Å². The van der Waals surface area contributed by atoms with Crippen molar-refractivity contribution in [2.24, 2.45) is 0 Å². The Labute approximate surface area is 127 Å². The number of aromatic carboxylic acids is 1. The van der Waals surface area contributed by atoms with Gasteiger partial charge in [-0.25, -0.2) is 4.79 Å². The number of rotatable bonds is 4. The summed E-state index contributed by atoms with van der Waals surface area (Å²) in [4.78, 5) is 24.9. The van der Waals surface area contributed by atoms with Gasteiger partial charge in [-0.1, -0.05) is 15.9 Å². The van der Waals surface area contributed by atoms with E-state index in [4.69, 9.17) is 9.84 Å². The molecule has 0 aliphatic carbocycles. The molecule has 0 aliphatic heterocycles. The fourth-order valence-corrected chi connectivity index (χ4v) is 2.07. The van der Waals surface area contributed by atoms with Crippen molar-refractivity contribution < 1.29 is 19.6 Å². The topological polar surface area (TPSA) is 103 Å². The lowest BCUT2D eigenvalue weighted by Gasteiger charge is -2.08. The summed E-state index contributed by atoms with van der Waals surface area (Å²) in [5, 5.41) is 19.9. The number of carbonyl (C=O) groups is 1. The maximum atomic E-state index is 11.0. The largest absolute Gasteiger partial charge is 0.477 e. The van der Waals surface area contributed by atoms with Crippen LogP contribution in [0.3, 0.4) is 0 Å². The molecule has 2 rings (SSSR count). The molecule has 0 saturated carbocycles. The van der Waals surface area contributed by atoms with Gasteiger partial charge in [-0.15, -0.1) is 0 Å². The Morgan fingerprint density at radius 2 is 2.10 bits per heavy atom. The van der Waals surface area contributed by atoms with Crippen LogP contribution >= 0.6 is 15.9 Å². The fourth-order valence-electron chi connectivity index (χ4n) is 1.60. The predicted molar refractivity (Wildman–Crippen MR) is 76.8 cm³/mol. The van der Waals surface area contributed by atoms with Gasteiger partial charge in [0.05, 0.1) is 4.92 Å². The molecule has 0 radical (unpaired) electrons. The highest BCUT2D eigenvalue weighted by atomic mass is 79.9. The molecule has 0 atom stereocenters. The molecule has 1 heterocycles. The molecule has 108 valence electrons. The van der Waals surface area contributed by atoms with Crippen molar-refractivity contribution in [2.75, 3.05) is 0 Å². The molecule has 0 amide bonds. The van der Waals surface area contributed by atoms with Crippen LogP contribution in [0.1, 0.15) is 16.1 Å². The first-order valence-electron chi connectivity index (χ1n) is 5.71. The summed E-state index contributed by atoms with van der Waals surface area (Å²) in [5.41, 5.74) is -0.00566. The first-order valence-corrected chi connectivity index (χ1v) is 6.50. The summed E-state index contributed by atoms with van der Waals surface area (Å²) in [6.07, 6.45) is 0. The van der Waals surface area contributed by atoms with Crippen molar-refractivity contribution in [3.8, 4) is 11.6 Å². The lowest BCUT2D eigenvalue weighted by atomic mass is 10.2. The number of hydrogen-bond acceptors (Lipinski definition) is 5. The second-order valence-electron chi connectivity index (χ2n) is 4.09. The zero-order valence-electron chi connectivity index (χ0n) is 10.7. The number of aromatic nitrogens is 1. The maximum absolute atomic E-state index is 11.0. The highest BCUT2D eigenvalue weighted by molar-refractivity contribution is 9.10. The number of halogens is 1. The van der Waals surface area contributed by atoms with Gasteiger partial charge in [0.15, 0.2) is 5.69 Å². The monoisotopic (exact) mass is 352 g/mol. The molecule has 1 aromatic carbocycles. The van der Waals surface area contributed by atoms with E-state index in [1.54, 1.807) is 25.1 Å². The van der Waals surface area contributed by atoms with Gasteiger partial charge in [0.25, 0.3) is 5.88 Å². The first kappa shape index (κ1) is 14.9. The Morgan fingerprint density at radius 3 is 2.67 bits per heavy atom. The molecule has 0 unspecified atom stereocenters. The molecular weight excluding hydrogens is 344 g/mol. The van der Waals surface area contributed by atoms with Crippen LogP contribution in [0.25, 0.3) is 0 Å². The van der Waals surface area contributed by atoms with Crippen molar-refractivity contribution in [1.82, 2.24) is 4.98 Å². The van der Waals surface area contributed by atoms with E-state index >= 15 is 0 Å². The molecule has 1 N–H and O–H groups in total. The zero-order valence-corrected chi connectivity index (χ0v) is 12.3. The molecule has 0 spiro atoms. The highest BCUT2D eigenvalue weighted by Crippen LogP contribution is 2.32. The maximum Gasteiger partial charge on any atom is 0.354 e. The van der Waals surface area contributed by atoms with Crippen LogP contribution in [0.15, 0.2) is 34.8 Å². The van der Waals surface area contributed by atoms with Gasteiger partial charge in [-0.05, 0) is 36.8 Å². The summed E-state index contributed by atoms with van der Waals surface area (Å²) in [5.74, 6) is -1.29. The summed E-state index contributed by atoms with van der Waals surface area (Å²) in [6.45, 7) is 1.76. The van der Waals surface area contributed by atoms with E-state index in [9.17, 15) is 14.9 Å². The third-order valence-electron chi connectivity index (χ3n) is 2.60. The van der Waals surface area contributed by atoms with Crippen LogP contribution < -0.4 is 4.74 Å². The van der Waals surface area contributed by atoms with E-state index in [1.165, 1.54) is 0 Å². The van der Waals surface area contributed by atoms with Crippen LogP contribution in [0, 0.1) is 17.0 Å². The number of hydrogen-bond donors (Lipinski definition) is 1. The molecule has 21 heavy (non-hydrogen) atoms. The molecule has 0 saturated heterocycles. The predicted octanol–water partition coefficient (Wildman–Crippen LogP) is 3.55. The second-order valence-corrected chi connectivity index (χ2v) is 5.01. The van der Waals surface area contributed by atoms with Crippen molar-refractivity contribution in [3.05, 3.63) is 56.2 Å². The fraction of sp³-hybridized carbons (Fsp3) is 0.0769. The lowest BCUT2D eigenvalue weighted by molar-refractivity contribution is -0.386. The Balaban J connectivity index is 2.48. The summed E-state index contributed by atoms with van der Waals surface area (Å²) < 4.78 is 6.24. The van der Waals surface area contributed by atoms with Gasteiger partial charge in [0, 0.05) is 10.5 Å². The Hall–Kier alpha value is -2.48. The summed E-state index contributed by atoms with van der Waals surface area (Å²) in [6, 6.07) is 7.19. The lowest BCUT2D eigenvalue weighted by Crippen LogP contribution is -2.04. The zero-order chi connectivity index (χ0) is 15.6. The number of nitrogens with zero attached hydrogens (tertiary/aromatic N) is 2. The molecule has 0 bridgehead atoms. The van der Waals surface area contributed by atoms with Crippen LogP contribution in [-0.4, -0.2) is 21.0 Å². The van der Waals surface area contributed by atoms with Crippen molar-refractivity contribution in [1.29, 1.82) is 0 Å². The van der Waals surface area contributed by atoms with Crippen molar-refractivity contribution in [3.63, 3.8) is 0 Å². The minimum Gasteiger partial charge on any atom is -0.477 e. The van der Waals surface area contributed by atoms with Crippen LogP contribution in [0.2, 0.25) is 0 Å². The number of carboxylic acids is 1. The average Bonchev–Trinajstić information content (AvgIpc) is 2.41. The Kier molecular flexibility index (Phi) is 4.18. The van der Waals surface area contributed by atoms with E-state index in [-0.39, 0.29) is 11.6 Å². The van der Waals surface area contributed by atoms with Gasteiger partial charge < -0.3 is 9.84 Å². The second kappa shape index (κ2) is 5.88. The number of nitro groups is 1. The molecular formula is C13H9BrN2O5. The normalized spacial score (nSPS) is 10.2. The molecule has 0 fully saturated rings. The van der Waals surface area contributed by atoms with Gasteiger partial charge in [0.1, 0.15) is 5.75 Å². The average molecular weight is 353 g/mol. The van der Waals surface area contributed by atoms with Crippen molar-refractivity contribution in [2.45, 2.75) is 6.92 Å². The van der Waals surface area contributed by atoms with E-state index < -0.39 is 16.6 Å². The minimum atomic E-state index is -1.29. The smallest absolute Gasteiger partial charge is 0.354 e. The van der Waals surface area contributed by atoms with Gasteiger partial charge in [-0.3, -0.25) is 10.1 Å². The molecule has 7 nitrogen and oxygen atoms in total. The van der Waals surface area contributed by atoms with E-state index in [1.807, 2.05) is 0 Å². The van der Waals surface area contributed by atoms with Crippen LogP contribution in [0.4, 0.5) is 5.69 Å². The molecule has 8 heteroatoms. The summed E-state index contributed by atoms with van der Waals surface area (Å²) in [7, 11) is 0. The number of benzene rings is 1. The van der Waals surface area contributed by atoms with Crippen molar-refractivity contribution >= 4 is 27.6 Å². The SMILES string of the molecule is Cc1cc(Br)ccc1Oc1nc(C(=O)O)ccc1[N+](=O)[O-]. The third-order valence-corrected chi connectivity index (χ3v) is 3.09. The van der Waals surface area contributed by atoms with Gasteiger partial charge in [0.2, 0.25) is 0 Å². The Morgan fingerprint density at radius 1 is 1.38 bits per heavy atom. The van der Waals surface area contributed by atoms with E-state index in [0.717, 1.165) is 22.2 Å². The standard InChI is InChI=1S/C13H9BrN2O5/c1-7-6-8(14)2-5-11(7)21-12-10(16(19)20)4-3-9(15-12)13(17)18/h2-6H,1H3,(H,17,18). The number of ether oxygens (including phenoxy) is 1. The first-order chi connectivity index (χ1) is 9.88. The minimum absolute atomic E-state index is 0.328. The molecule has 0 aliphatic rings. The number of carboxylic acid groups (broad SMARTS) is 1. The number of aryl methyl sites for hydroxylation is 1. The molecule has 1 aromatic heterocycles. The number of pyridine rings is 1.